The number of benzene rings is 2. The summed E-state index contributed by atoms with van der Waals surface area (Å²) in [6, 6.07) is 17.9. The van der Waals surface area contributed by atoms with Gasteiger partial charge in [0.25, 0.3) is 0 Å². The molecule has 3 rings (SSSR count). The number of hydrogen-bond acceptors (Lipinski definition) is 4. The fraction of sp³-hybridized carbons (Fsp3) is 0.409. The third-order valence-electron chi connectivity index (χ3n) is 5.44. The molecule has 0 saturated heterocycles. The molecule has 1 aliphatic carbocycles. The van der Waals surface area contributed by atoms with Crippen LogP contribution in [-0.4, -0.2) is 44.9 Å². The fourth-order valence-corrected chi connectivity index (χ4v) is 5.02. The van der Waals surface area contributed by atoms with Gasteiger partial charge in [-0.25, -0.2) is 13.1 Å². The Bertz CT molecular complexity index is 946. The first kappa shape index (κ1) is 21.5. The third-order valence-corrected chi connectivity index (χ3v) is 6.21. The van der Waals surface area contributed by atoms with Crippen molar-refractivity contribution < 1.29 is 18.3 Å². The maximum atomic E-state index is 13.0. The summed E-state index contributed by atoms with van der Waals surface area (Å²) in [7, 11) is -3.34. The summed E-state index contributed by atoms with van der Waals surface area (Å²) in [6.07, 6.45) is 3.30. The highest BCUT2D eigenvalue weighted by molar-refractivity contribution is 7.88. The van der Waals surface area contributed by atoms with Gasteiger partial charge in [0.05, 0.1) is 18.3 Å². The van der Waals surface area contributed by atoms with Crippen molar-refractivity contribution in [3.63, 3.8) is 0 Å². The first-order valence-corrected chi connectivity index (χ1v) is 11.7. The minimum Gasteiger partial charge on any atom is -0.395 e. The van der Waals surface area contributed by atoms with E-state index in [9.17, 15) is 13.2 Å². The molecule has 1 fully saturated rings. The molecular formula is C22H28N2O4S. The standard InChI is InChI=1S/C22H28N2O4S/c1-29(27,28)24-20-10-11-22(16-20,21(26)23-12-13-25)15-17-6-5-9-19(14-17)18-7-3-2-4-8-18/h2-9,14,20,24-25H,10-13,15-16H2,1H3,(H,23,26)/t20-,22+/m0/s1. The minimum atomic E-state index is -3.34. The molecule has 156 valence electrons. The molecule has 0 bridgehead atoms. The Balaban J connectivity index is 1.85. The zero-order chi connectivity index (χ0) is 20.9. The third kappa shape index (κ3) is 5.65. The first-order chi connectivity index (χ1) is 13.8. The number of nitrogens with one attached hydrogen (secondary N) is 2. The van der Waals surface area contributed by atoms with Crippen molar-refractivity contribution in [1.82, 2.24) is 10.0 Å². The van der Waals surface area contributed by atoms with Crippen LogP contribution in [0.25, 0.3) is 11.1 Å². The summed E-state index contributed by atoms with van der Waals surface area (Å²) < 4.78 is 26.0. The molecule has 2 aromatic rings. The van der Waals surface area contributed by atoms with Gasteiger partial charge in [-0.2, -0.15) is 0 Å². The summed E-state index contributed by atoms with van der Waals surface area (Å²) in [6.45, 7) is 0.0607. The lowest BCUT2D eigenvalue weighted by molar-refractivity contribution is -0.131. The molecule has 0 aromatic heterocycles. The molecule has 1 amide bonds. The van der Waals surface area contributed by atoms with Gasteiger partial charge in [0.15, 0.2) is 0 Å². The van der Waals surface area contributed by atoms with Crippen LogP contribution in [0.3, 0.4) is 0 Å². The van der Waals surface area contributed by atoms with Gasteiger partial charge in [-0.3, -0.25) is 4.79 Å². The Morgan fingerprint density at radius 1 is 1.14 bits per heavy atom. The molecule has 0 radical (unpaired) electrons. The van der Waals surface area contributed by atoms with Gasteiger partial charge in [0.2, 0.25) is 15.9 Å². The zero-order valence-electron chi connectivity index (χ0n) is 16.6. The molecule has 2 atom stereocenters. The van der Waals surface area contributed by atoms with Gasteiger partial charge < -0.3 is 10.4 Å². The predicted molar refractivity (Wildman–Crippen MR) is 114 cm³/mol. The van der Waals surface area contributed by atoms with Crippen molar-refractivity contribution in [2.75, 3.05) is 19.4 Å². The van der Waals surface area contributed by atoms with E-state index in [0.717, 1.165) is 22.9 Å². The van der Waals surface area contributed by atoms with Gasteiger partial charge in [-0.15, -0.1) is 0 Å². The second-order valence-corrected chi connectivity index (χ2v) is 9.61. The summed E-state index contributed by atoms with van der Waals surface area (Å²) >= 11 is 0. The van der Waals surface area contributed by atoms with Crippen LogP contribution in [0, 0.1) is 5.41 Å². The number of carbonyl (C=O) groups is 1. The Labute approximate surface area is 172 Å². The highest BCUT2D eigenvalue weighted by Gasteiger charge is 2.45. The molecule has 0 aliphatic heterocycles. The molecule has 1 aliphatic rings. The van der Waals surface area contributed by atoms with Crippen LogP contribution in [-0.2, 0) is 21.2 Å². The summed E-state index contributed by atoms with van der Waals surface area (Å²) in [5.41, 5.74) is 2.52. The van der Waals surface area contributed by atoms with Crippen molar-refractivity contribution in [3.05, 3.63) is 60.2 Å². The van der Waals surface area contributed by atoms with Crippen LogP contribution in [0.1, 0.15) is 24.8 Å². The normalized spacial score (nSPS) is 21.8. The topological polar surface area (TPSA) is 95.5 Å². The summed E-state index contributed by atoms with van der Waals surface area (Å²) in [4.78, 5) is 13.0. The van der Waals surface area contributed by atoms with Crippen molar-refractivity contribution in [2.24, 2.45) is 5.41 Å². The zero-order valence-corrected chi connectivity index (χ0v) is 17.4. The lowest BCUT2D eigenvalue weighted by Crippen LogP contribution is -2.43. The molecule has 0 unspecified atom stereocenters. The van der Waals surface area contributed by atoms with Crippen LogP contribution >= 0.6 is 0 Å². The lowest BCUT2D eigenvalue weighted by atomic mass is 9.78. The van der Waals surface area contributed by atoms with Gasteiger partial charge in [-0.05, 0) is 42.4 Å². The highest BCUT2D eigenvalue weighted by Crippen LogP contribution is 2.42. The maximum absolute atomic E-state index is 13.0. The molecule has 6 nitrogen and oxygen atoms in total. The first-order valence-electron chi connectivity index (χ1n) is 9.82. The molecule has 1 saturated carbocycles. The number of hydrogen-bond donors (Lipinski definition) is 3. The summed E-state index contributed by atoms with van der Waals surface area (Å²) in [5.74, 6) is -0.130. The predicted octanol–water partition coefficient (Wildman–Crippen LogP) is 2.09. The van der Waals surface area contributed by atoms with E-state index in [-0.39, 0.29) is 25.1 Å². The average Bonchev–Trinajstić information content (AvgIpc) is 3.08. The molecular weight excluding hydrogens is 388 g/mol. The smallest absolute Gasteiger partial charge is 0.226 e. The number of amides is 1. The molecule has 0 spiro atoms. The number of sulfonamides is 1. The molecule has 29 heavy (non-hydrogen) atoms. The highest BCUT2D eigenvalue weighted by atomic mass is 32.2. The second kappa shape index (κ2) is 9.07. The van der Waals surface area contributed by atoms with Gasteiger partial charge in [0.1, 0.15) is 0 Å². The maximum Gasteiger partial charge on any atom is 0.226 e. The van der Waals surface area contributed by atoms with E-state index in [2.05, 4.69) is 16.1 Å². The van der Waals surface area contributed by atoms with E-state index < -0.39 is 15.4 Å². The van der Waals surface area contributed by atoms with Crippen molar-refractivity contribution in [3.8, 4) is 11.1 Å². The Morgan fingerprint density at radius 2 is 1.86 bits per heavy atom. The van der Waals surface area contributed by atoms with Crippen LogP contribution in [0.5, 0.6) is 0 Å². The Kier molecular flexibility index (Phi) is 6.72. The number of aliphatic hydroxyl groups excluding tert-OH is 1. The molecule has 7 heteroatoms. The van der Waals surface area contributed by atoms with Gasteiger partial charge in [0, 0.05) is 12.6 Å². The monoisotopic (exact) mass is 416 g/mol. The number of rotatable bonds is 8. The van der Waals surface area contributed by atoms with Crippen LogP contribution in [0.2, 0.25) is 0 Å². The van der Waals surface area contributed by atoms with Gasteiger partial charge >= 0.3 is 0 Å². The van der Waals surface area contributed by atoms with E-state index in [1.807, 2.05) is 48.5 Å². The number of aliphatic hydroxyl groups is 1. The molecule has 3 N–H and O–H groups in total. The SMILES string of the molecule is CS(=O)(=O)N[C@H]1CC[C@](Cc2cccc(-c3ccccc3)c2)(C(=O)NCCO)C1. The largest absolute Gasteiger partial charge is 0.395 e. The summed E-state index contributed by atoms with van der Waals surface area (Å²) in [5, 5.41) is 11.9. The van der Waals surface area contributed by atoms with Gasteiger partial charge in [-0.1, -0.05) is 54.6 Å². The van der Waals surface area contributed by atoms with Crippen LogP contribution in [0.4, 0.5) is 0 Å². The van der Waals surface area contributed by atoms with Crippen molar-refractivity contribution in [2.45, 2.75) is 31.7 Å². The Morgan fingerprint density at radius 3 is 2.55 bits per heavy atom. The van der Waals surface area contributed by atoms with E-state index in [4.69, 9.17) is 5.11 Å². The van der Waals surface area contributed by atoms with Crippen molar-refractivity contribution >= 4 is 15.9 Å². The van der Waals surface area contributed by atoms with E-state index >= 15 is 0 Å². The van der Waals surface area contributed by atoms with Crippen LogP contribution < -0.4 is 10.0 Å². The molecule has 0 heterocycles. The number of carbonyl (C=O) groups excluding carboxylic acids is 1. The van der Waals surface area contributed by atoms with E-state index in [0.29, 0.717) is 25.7 Å². The fourth-order valence-electron chi connectivity index (χ4n) is 4.22. The minimum absolute atomic E-state index is 0.129. The molecule has 2 aromatic carbocycles. The second-order valence-electron chi connectivity index (χ2n) is 7.83. The van der Waals surface area contributed by atoms with E-state index in [1.54, 1.807) is 0 Å². The lowest BCUT2D eigenvalue weighted by Gasteiger charge is -2.28. The van der Waals surface area contributed by atoms with E-state index in [1.165, 1.54) is 0 Å². The average molecular weight is 417 g/mol. The Hall–Kier alpha value is -2.22. The van der Waals surface area contributed by atoms with Crippen molar-refractivity contribution in [1.29, 1.82) is 0 Å². The quantitative estimate of drug-likeness (QED) is 0.614. The van der Waals surface area contributed by atoms with Crippen LogP contribution in [0.15, 0.2) is 54.6 Å².